The van der Waals surface area contributed by atoms with Gasteiger partial charge in [0, 0.05) is 43.9 Å². The fourth-order valence-corrected chi connectivity index (χ4v) is 3.82. The van der Waals surface area contributed by atoms with Gasteiger partial charge in [-0.2, -0.15) is 0 Å². The zero-order valence-electron chi connectivity index (χ0n) is 12.8. The topological polar surface area (TPSA) is 58.4 Å². The zero-order chi connectivity index (χ0) is 14.7. The molecular formula is C16H24ClN3O2. The molecule has 1 aromatic rings. The molecule has 6 heteroatoms. The molecule has 0 atom stereocenters. The minimum Gasteiger partial charge on any atom is -0.314 e. The Morgan fingerprint density at radius 1 is 1.27 bits per heavy atom. The van der Waals surface area contributed by atoms with Crippen LogP contribution in [0, 0.1) is 10.1 Å². The number of benzene rings is 1. The molecule has 1 aliphatic carbocycles. The van der Waals surface area contributed by atoms with Crippen molar-refractivity contribution in [1.82, 2.24) is 10.2 Å². The molecule has 5 nitrogen and oxygen atoms in total. The number of halogens is 1. The van der Waals surface area contributed by atoms with Gasteiger partial charge in [-0.05, 0) is 18.4 Å². The van der Waals surface area contributed by atoms with Gasteiger partial charge in [-0.1, -0.05) is 31.4 Å². The fourth-order valence-electron chi connectivity index (χ4n) is 3.82. The Kier molecular flexibility index (Phi) is 5.78. The predicted octanol–water partition coefficient (Wildman–Crippen LogP) is 3.12. The van der Waals surface area contributed by atoms with Crippen LogP contribution in [0.25, 0.3) is 0 Å². The van der Waals surface area contributed by atoms with Crippen LogP contribution in [0.5, 0.6) is 0 Å². The van der Waals surface area contributed by atoms with Gasteiger partial charge >= 0.3 is 0 Å². The minimum atomic E-state index is -0.308. The van der Waals surface area contributed by atoms with Crippen LogP contribution in [-0.2, 0) is 6.54 Å². The second-order valence-electron chi connectivity index (χ2n) is 6.31. The maximum Gasteiger partial charge on any atom is 0.269 e. The van der Waals surface area contributed by atoms with Crippen LogP contribution in [0.3, 0.4) is 0 Å². The summed E-state index contributed by atoms with van der Waals surface area (Å²) in [5, 5.41) is 14.5. The normalized spacial score (nSPS) is 21.3. The molecular weight excluding hydrogens is 302 g/mol. The van der Waals surface area contributed by atoms with Gasteiger partial charge in [0.05, 0.1) is 4.92 Å². The summed E-state index contributed by atoms with van der Waals surface area (Å²) >= 11 is 0. The lowest BCUT2D eigenvalue weighted by Crippen LogP contribution is -2.61. The quantitative estimate of drug-likeness (QED) is 0.685. The maximum absolute atomic E-state index is 10.9. The number of rotatable bonds is 3. The predicted molar refractivity (Wildman–Crippen MR) is 89.4 cm³/mol. The van der Waals surface area contributed by atoms with E-state index in [2.05, 4.69) is 10.2 Å². The van der Waals surface area contributed by atoms with Gasteiger partial charge in [-0.15, -0.1) is 12.4 Å². The van der Waals surface area contributed by atoms with E-state index in [1.165, 1.54) is 32.1 Å². The van der Waals surface area contributed by atoms with Crippen molar-refractivity contribution in [3.05, 3.63) is 39.9 Å². The number of non-ortho nitro benzene ring substituents is 1. The number of nitrogens with one attached hydrogen (secondary N) is 1. The van der Waals surface area contributed by atoms with E-state index in [9.17, 15) is 10.1 Å². The summed E-state index contributed by atoms with van der Waals surface area (Å²) in [5.74, 6) is 0. The highest BCUT2D eigenvalue weighted by atomic mass is 35.5. The van der Waals surface area contributed by atoms with E-state index >= 15 is 0 Å². The van der Waals surface area contributed by atoms with Crippen molar-refractivity contribution in [1.29, 1.82) is 0 Å². The summed E-state index contributed by atoms with van der Waals surface area (Å²) in [6.45, 7) is 3.92. The molecule has 0 bridgehead atoms. The first-order valence-corrected chi connectivity index (χ1v) is 7.89. The van der Waals surface area contributed by atoms with Crippen LogP contribution >= 0.6 is 12.4 Å². The van der Waals surface area contributed by atoms with Gasteiger partial charge in [-0.3, -0.25) is 15.0 Å². The van der Waals surface area contributed by atoms with E-state index in [-0.39, 0.29) is 28.6 Å². The van der Waals surface area contributed by atoms with E-state index in [1.54, 1.807) is 18.2 Å². The molecule has 22 heavy (non-hydrogen) atoms. The largest absolute Gasteiger partial charge is 0.314 e. The fraction of sp³-hybridized carbons (Fsp3) is 0.625. The minimum absolute atomic E-state index is 0. The number of hydrogen-bond acceptors (Lipinski definition) is 4. The molecule has 1 saturated heterocycles. The number of piperazine rings is 1. The zero-order valence-corrected chi connectivity index (χ0v) is 13.6. The molecule has 1 heterocycles. The summed E-state index contributed by atoms with van der Waals surface area (Å²) in [6, 6.07) is 7.09. The first kappa shape index (κ1) is 17.2. The van der Waals surface area contributed by atoms with Gasteiger partial charge in [0.25, 0.3) is 5.69 Å². The Morgan fingerprint density at radius 2 is 2.05 bits per heavy atom. The Bertz CT molecular complexity index is 510. The number of nitrogens with zero attached hydrogens (tertiary/aromatic N) is 2. The van der Waals surface area contributed by atoms with E-state index in [0.717, 1.165) is 31.7 Å². The lowest BCUT2D eigenvalue weighted by Gasteiger charge is -2.50. The SMILES string of the molecule is Cl.O=[N+]([O-])c1cccc(CN2CCNCC23CCCCC3)c1. The first-order valence-electron chi connectivity index (χ1n) is 7.89. The third kappa shape index (κ3) is 3.59. The average molecular weight is 326 g/mol. The van der Waals surface area contributed by atoms with Crippen LogP contribution in [0.1, 0.15) is 37.7 Å². The molecule has 1 aromatic carbocycles. The lowest BCUT2D eigenvalue weighted by atomic mass is 9.79. The van der Waals surface area contributed by atoms with Crippen molar-refractivity contribution in [2.24, 2.45) is 0 Å². The third-order valence-electron chi connectivity index (χ3n) is 4.96. The summed E-state index contributed by atoms with van der Waals surface area (Å²) < 4.78 is 0. The van der Waals surface area contributed by atoms with Gasteiger partial charge in [-0.25, -0.2) is 0 Å². The second kappa shape index (κ2) is 7.40. The summed E-state index contributed by atoms with van der Waals surface area (Å²) in [5.41, 5.74) is 1.51. The maximum atomic E-state index is 10.9. The molecule has 122 valence electrons. The molecule has 1 N–H and O–H groups in total. The van der Waals surface area contributed by atoms with Crippen molar-refractivity contribution in [2.45, 2.75) is 44.2 Å². The van der Waals surface area contributed by atoms with Crippen molar-refractivity contribution < 1.29 is 4.92 Å². The van der Waals surface area contributed by atoms with E-state index in [4.69, 9.17) is 0 Å². The van der Waals surface area contributed by atoms with Crippen molar-refractivity contribution in [3.8, 4) is 0 Å². The van der Waals surface area contributed by atoms with Crippen LogP contribution in [-0.4, -0.2) is 35.0 Å². The standard InChI is InChI=1S/C16H23N3O2.ClH/c20-19(21)15-6-4-5-14(11-15)12-18-10-9-17-13-16(18)7-2-1-3-8-16;/h4-6,11,17H,1-3,7-10,12-13H2;1H. The Morgan fingerprint density at radius 3 is 2.77 bits per heavy atom. The molecule has 1 aliphatic heterocycles. The summed E-state index contributed by atoms with van der Waals surface area (Å²) in [6.07, 6.45) is 6.43. The van der Waals surface area contributed by atoms with E-state index in [1.807, 2.05) is 6.07 Å². The molecule has 0 amide bonds. The van der Waals surface area contributed by atoms with Crippen LogP contribution in [0.4, 0.5) is 5.69 Å². The van der Waals surface area contributed by atoms with Gasteiger partial charge in [0.2, 0.25) is 0 Å². The third-order valence-corrected chi connectivity index (χ3v) is 4.96. The summed E-state index contributed by atoms with van der Waals surface area (Å²) in [7, 11) is 0. The molecule has 1 spiro atoms. The van der Waals surface area contributed by atoms with Crippen LogP contribution in [0.15, 0.2) is 24.3 Å². The van der Waals surface area contributed by atoms with Crippen LogP contribution < -0.4 is 5.32 Å². The van der Waals surface area contributed by atoms with Crippen molar-refractivity contribution >= 4 is 18.1 Å². The molecule has 2 fully saturated rings. The van der Waals surface area contributed by atoms with Gasteiger partial charge < -0.3 is 5.32 Å². The molecule has 2 aliphatic rings. The second-order valence-corrected chi connectivity index (χ2v) is 6.31. The van der Waals surface area contributed by atoms with E-state index < -0.39 is 0 Å². The van der Waals surface area contributed by atoms with Crippen molar-refractivity contribution in [3.63, 3.8) is 0 Å². The highest BCUT2D eigenvalue weighted by Crippen LogP contribution is 2.35. The molecule has 3 rings (SSSR count). The monoisotopic (exact) mass is 325 g/mol. The Balaban J connectivity index is 0.00000176. The van der Waals surface area contributed by atoms with Crippen molar-refractivity contribution in [2.75, 3.05) is 19.6 Å². The first-order chi connectivity index (χ1) is 10.2. The highest BCUT2D eigenvalue weighted by molar-refractivity contribution is 5.85. The number of nitro groups is 1. The van der Waals surface area contributed by atoms with Gasteiger partial charge in [0.15, 0.2) is 0 Å². The average Bonchev–Trinajstić information content (AvgIpc) is 2.51. The summed E-state index contributed by atoms with van der Waals surface area (Å²) in [4.78, 5) is 13.2. The van der Waals surface area contributed by atoms with Crippen LogP contribution in [0.2, 0.25) is 0 Å². The van der Waals surface area contributed by atoms with E-state index in [0.29, 0.717) is 0 Å². The number of hydrogen-bond donors (Lipinski definition) is 1. The highest BCUT2D eigenvalue weighted by Gasteiger charge is 2.39. The molecule has 1 saturated carbocycles. The van der Waals surface area contributed by atoms with Gasteiger partial charge in [0.1, 0.15) is 0 Å². The Labute approximate surface area is 137 Å². The number of nitro benzene ring substituents is 1. The molecule has 0 radical (unpaired) electrons. The molecule has 0 aromatic heterocycles. The Hall–Kier alpha value is -1.17. The smallest absolute Gasteiger partial charge is 0.269 e. The lowest BCUT2D eigenvalue weighted by molar-refractivity contribution is -0.384. The molecule has 0 unspecified atom stereocenters.